The van der Waals surface area contributed by atoms with E-state index in [2.05, 4.69) is 10.4 Å². The summed E-state index contributed by atoms with van der Waals surface area (Å²) in [5, 5.41) is 6.74. The highest BCUT2D eigenvalue weighted by Crippen LogP contribution is 2.32. The van der Waals surface area contributed by atoms with Gasteiger partial charge in [0.05, 0.1) is 13.2 Å². The largest absolute Gasteiger partial charge is 0.490 e. The van der Waals surface area contributed by atoms with Crippen molar-refractivity contribution in [3.8, 4) is 17.2 Å². The van der Waals surface area contributed by atoms with Gasteiger partial charge in [0.25, 0.3) is 5.91 Å². The minimum atomic E-state index is -0.699. The standard InChI is InChI=1S/C21H18FN3O4/c1-13-11-17(26)20(24-25(13)16-6-3-2-5-15(16)22)21(27)23-14-7-8-18-19(12-14)29-10-4-9-28-18/h2-3,5-8,11-12H,4,9-10H2,1H3,(H,23,27). The summed E-state index contributed by atoms with van der Waals surface area (Å²) in [4.78, 5) is 25.0. The molecule has 0 fully saturated rings. The molecule has 0 saturated heterocycles. The van der Waals surface area contributed by atoms with Gasteiger partial charge in [0.2, 0.25) is 5.43 Å². The molecule has 0 bridgehead atoms. The Labute approximate surface area is 165 Å². The maximum absolute atomic E-state index is 14.2. The molecule has 1 aromatic heterocycles. The summed E-state index contributed by atoms with van der Waals surface area (Å²) in [5.74, 6) is -0.104. The lowest BCUT2D eigenvalue weighted by Crippen LogP contribution is -2.27. The van der Waals surface area contributed by atoms with Crippen LogP contribution in [0.15, 0.2) is 53.3 Å². The molecule has 7 nitrogen and oxygen atoms in total. The maximum Gasteiger partial charge on any atom is 0.280 e. The SMILES string of the molecule is Cc1cc(=O)c(C(=O)Nc2ccc3c(c2)OCCCO3)nn1-c1ccccc1F. The molecule has 0 spiro atoms. The molecule has 29 heavy (non-hydrogen) atoms. The predicted molar refractivity (Wildman–Crippen MR) is 105 cm³/mol. The molecular weight excluding hydrogens is 377 g/mol. The summed E-state index contributed by atoms with van der Waals surface area (Å²) < 4.78 is 26.6. The summed E-state index contributed by atoms with van der Waals surface area (Å²) in [6.45, 7) is 2.69. The number of hydrogen-bond acceptors (Lipinski definition) is 5. The Morgan fingerprint density at radius 2 is 1.86 bits per heavy atom. The lowest BCUT2D eigenvalue weighted by atomic mass is 10.2. The van der Waals surface area contributed by atoms with E-state index in [0.717, 1.165) is 6.42 Å². The number of carbonyl (C=O) groups excluding carboxylic acids is 1. The molecule has 4 rings (SSSR count). The molecule has 0 unspecified atom stereocenters. The van der Waals surface area contributed by atoms with E-state index in [0.29, 0.717) is 36.1 Å². The molecular formula is C21H18FN3O4. The van der Waals surface area contributed by atoms with Gasteiger partial charge in [-0.05, 0) is 31.2 Å². The van der Waals surface area contributed by atoms with E-state index in [-0.39, 0.29) is 11.4 Å². The minimum absolute atomic E-state index is 0.148. The third-order valence-electron chi connectivity index (χ3n) is 4.41. The van der Waals surface area contributed by atoms with Gasteiger partial charge in [-0.15, -0.1) is 0 Å². The highest BCUT2D eigenvalue weighted by atomic mass is 19.1. The topological polar surface area (TPSA) is 82.5 Å². The molecule has 1 aliphatic heterocycles. The van der Waals surface area contributed by atoms with Crippen LogP contribution in [-0.2, 0) is 0 Å². The van der Waals surface area contributed by atoms with Crippen molar-refractivity contribution in [2.24, 2.45) is 0 Å². The molecule has 3 aromatic rings. The van der Waals surface area contributed by atoms with E-state index in [1.54, 1.807) is 37.3 Å². The zero-order chi connectivity index (χ0) is 20.4. The van der Waals surface area contributed by atoms with Gasteiger partial charge in [-0.25, -0.2) is 9.07 Å². The first-order valence-corrected chi connectivity index (χ1v) is 9.10. The predicted octanol–water partition coefficient (Wildman–Crippen LogP) is 3.09. The summed E-state index contributed by atoms with van der Waals surface area (Å²) in [6, 6.07) is 12.2. The number of carbonyl (C=O) groups is 1. The summed E-state index contributed by atoms with van der Waals surface area (Å²) in [6.07, 6.45) is 0.763. The highest BCUT2D eigenvalue weighted by Gasteiger charge is 2.18. The molecule has 2 aromatic carbocycles. The van der Waals surface area contributed by atoms with Crippen molar-refractivity contribution in [3.63, 3.8) is 0 Å². The van der Waals surface area contributed by atoms with Crippen LogP contribution in [-0.4, -0.2) is 28.9 Å². The number of benzene rings is 2. The van der Waals surface area contributed by atoms with E-state index >= 15 is 0 Å². The second kappa shape index (κ2) is 7.75. The zero-order valence-corrected chi connectivity index (χ0v) is 15.6. The molecule has 1 amide bonds. The van der Waals surface area contributed by atoms with Crippen molar-refractivity contribution in [2.45, 2.75) is 13.3 Å². The summed E-state index contributed by atoms with van der Waals surface area (Å²) in [5.41, 5.74) is 0.0909. The Kier molecular flexibility index (Phi) is 4.99. The number of rotatable bonds is 3. The van der Waals surface area contributed by atoms with Crippen LogP contribution in [0.4, 0.5) is 10.1 Å². The van der Waals surface area contributed by atoms with E-state index in [9.17, 15) is 14.0 Å². The number of aromatic nitrogens is 2. The third kappa shape index (κ3) is 3.82. The van der Waals surface area contributed by atoms with E-state index < -0.39 is 17.2 Å². The lowest BCUT2D eigenvalue weighted by Gasteiger charge is -2.13. The molecule has 0 saturated carbocycles. The van der Waals surface area contributed by atoms with Gasteiger partial charge >= 0.3 is 0 Å². The van der Waals surface area contributed by atoms with Crippen molar-refractivity contribution in [3.05, 3.63) is 76.0 Å². The Hall–Kier alpha value is -3.68. The second-order valence-electron chi connectivity index (χ2n) is 6.53. The quantitative estimate of drug-likeness (QED) is 0.737. The van der Waals surface area contributed by atoms with Gasteiger partial charge in [-0.2, -0.15) is 5.10 Å². The Morgan fingerprint density at radius 3 is 2.66 bits per heavy atom. The van der Waals surface area contributed by atoms with Gasteiger partial charge in [0.15, 0.2) is 17.2 Å². The first-order chi connectivity index (χ1) is 14.0. The van der Waals surface area contributed by atoms with Gasteiger partial charge in [-0.3, -0.25) is 9.59 Å². The van der Waals surface area contributed by atoms with Crippen LogP contribution < -0.4 is 20.2 Å². The van der Waals surface area contributed by atoms with Crippen molar-refractivity contribution in [2.75, 3.05) is 18.5 Å². The molecule has 0 aliphatic carbocycles. The molecule has 0 atom stereocenters. The van der Waals surface area contributed by atoms with Gasteiger partial charge in [0, 0.05) is 29.9 Å². The monoisotopic (exact) mass is 395 g/mol. The Balaban J connectivity index is 1.66. The molecule has 0 radical (unpaired) electrons. The van der Waals surface area contributed by atoms with E-state index in [1.807, 2.05) is 0 Å². The number of para-hydroxylation sites is 1. The summed E-state index contributed by atoms with van der Waals surface area (Å²) >= 11 is 0. The van der Waals surface area contributed by atoms with E-state index in [4.69, 9.17) is 9.47 Å². The Morgan fingerprint density at radius 1 is 1.10 bits per heavy atom. The van der Waals surface area contributed by atoms with Gasteiger partial charge in [0.1, 0.15) is 11.5 Å². The zero-order valence-electron chi connectivity index (χ0n) is 15.6. The number of halogens is 1. The van der Waals surface area contributed by atoms with E-state index in [1.165, 1.54) is 22.9 Å². The van der Waals surface area contributed by atoms with Crippen LogP contribution in [0.3, 0.4) is 0 Å². The number of hydrogen-bond donors (Lipinski definition) is 1. The molecule has 1 aliphatic rings. The number of ether oxygens (including phenoxy) is 2. The van der Waals surface area contributed by atoms with Crippen LogP contribution >= 0.6 is 0 Å². The molecule has 1 N–H and O–H groups in total. The first-order valence-electron chi connectivity index (χ1n) is 9.10. The van der Waals surface area contributed by atoms with Crippen LogP contribution in [0.25, 0.3) is 5.69 Å². The summed E-state index contributed by atoms with van der Waals surface area (Å²) in [7, 11) is 0. The Bertz CT molecular complexity index is 1140. The number of anilines is 1. The molecule has 2 heterocycles. The van der Waals surface area contributed by atoms with Crippen molar-refractivity contribution in [1.82, 2.24) is 9.78 Å². The molecule has 8 heteroatoms. The average molecular weight is 395 g/mol. The van der Waals surface area contributed by atoms with Crippen molar-refractivity contribution < 1.29 is 18.7 Å². The fourth-order valence-corrected chi connectivity index (χ4v) is 3.00. The lowest BCUT2D eigenvalue weighted by molar-refractivity contribution is 0.101. The third-order valence-corrected chi connectivity index (χ3v) is 4.41. The first kappa shape index (κ1) is 18.7. The number of amides is 1. The van der Waals surface area contributed by atoms with Gasteiger partial charge in [-0.1, -0.05) is 12.1 Å². The minimum Gasteiger partial charge on any atom is -0.490 e. The fourth-order valence-electron chi connectivity index (χ4n) is 3.00. The number of nitrogens with one attached hydrogen (secondary N) is 1. The van der Waals surface area contributed by atoms with Crippen molar-refractivity contribution in [1.29, 1.82) is 0 Å². The number of fused-ring (bicyclic) bond motifs is 1. The fraction of sp³-hybridized carbons (Fsp3) is 0.190. The van der Waals surface area contributed by atoms with Crippen LogP contribution in [0.2, 0.25) is 0 Å². The normalized spacial score (nSPS) is 12.9. The molecule has 148 valence electrons. The number of aryl methyl sites for hydroxylation is 1. The second-order valence-corrected chi connectivity index (χ2v) is 6.53. The van der Waals surface area contributed by atoms with Crippen molar-refractivity contribution >= 4 is 11.6 Å². The van der Waals surface area contributed by atoms with Crippen LogP contribution in [0.5, 0.6) is 11.5 Å². The highest BCUT2D eigenvalue weighted by molar-refractivity contribution is 6.02. The van der Waals surface area contributed by atoms with Gasteiger partial charge < -0.3 is 14.8 Å². The average Bonchev–Trinajstić information content (AvgIpc) is 2.94. The smallest absolute Gasteiger partial charge is 0.280 e. The van der Waals surface area contributed by atoms with Crippen LogP contribution in [0, 0.1) is 12.7 Å². The number of nitrogens with zero attached hydrogens (tertiary/aromatic N) is 2. The maximum atomic E-state index is 14.2. The van der Waals surface area contributed by atoms with Crippen LogP contribution in [0.1, 0.15) is 22.6 Å².